The summed E-state index contributed by atoms with van der Waals surface area (Å²) in [5, 5.41) is 11.5. The van der Waals surface area contributed by atoms with Crippen LogP contribution in [0.25, 0.3) is 5.69 Å². The summed E-state index contributed by atoms with van der Waals surface area (Å²) in [6.07, 6.45) is 1.68. The van der Waals surface area contributed by atoms with E-state index in [1.54, 1.807) is 37.6 Å². The topological polar surface area (TPSA) is 159 Å². The van der Waals surface area contributed by atoms with E-state index in [2.05, 4.69) is 25.4 Å². The minimum atomic E-state index is -0.777. The highest BCUT2D eigenvalue weighted by atomic mass is 32.2. The fourth-order valence-corrected chi connectivity index (χ4v) is 4.29. The van der Waals surface area contributed by atoms with Crippen LogP contribution in [0.15, 0.2) is 56.2 Å². The second-order valence-corrected chi connectivity index (χ2v) is 8.50. The third-order valence-corrected chi connectivity index (χ3v) is 6.21. The van der Waals surface area contributed by atoms with Gasteiger partial charge in [-0.3, -0.25) is 9.32 Å². The van der Waals surface area contributed by atoms with Crippen LogP contribution in [0.5, 0.6) is 5.75 Å². The van der Waals surface area contributed by atoms with Crippen LogP contribution in [-0.4, -0.2) is 48.8 Å². The van der Waals surface area contributed by atoms with Gasteiger partial charge in [0.2, 0.25) is 16.6 Å². The van der Waals surface area contributed by atoms with Crippen LogP contribution in [0, 0.1) is 6.92 Å². The molecule has 33 heavy (non-hydrogen) atoms. The second kappa shape index (κ2) is 9.87. The van der Waals surface area contributed by atoms with Gasteiger partial charge in [0.15, 0.2) is 11.0 Å². The molecule has 0 unspecified atom stereocenters. The molecular weight excluding hydrogens is 468 g/mol. The molecule has 0 saturated heterocycles. The van der Waals surface area contributed by atoms with E-state index in [-0.39, 0.29) is 11.4 Å². The van der Waals surface area contributed by atoms with Crippen LogP contribution in [0.2, 0.25) is 0 Å². The number of hydrogen-bond acceptors (Lipinski definition) is 11. The number of rotatable bonds is 9. The number of ether oxygens (including phenoxy) is 1. The monoisotopic (exact) mass is 487 g/mol. The minimum absolute atomic E-state index is 0.0950. The smallest absolute Gasteiger partial charge is 0.438 e. The lowest BCUT2D eigenvalue weighted by Crippen LogP contribution is -2.41. The van der Waals surface area contributed by atoms with Gasteiger partial charge in [-0.15, -0.1) is 10.2 Å². The normalized spacial score (nSPS) is 11.0. The van der Waals surface area contributed by atoms with Crippen molar-refractivity contribution < 1.29 is 18.7 Å². The standard InChI is InChI=1S/C19H18N8O4S2/c1-11-7-8-21-18(22-11)32-10-15-23-24-19(26(15)20)33-9-14(28)16-17(29)31-25-27(16)12-3-5-13(30-2)6-4-12/h3-8H,9-10,20H2,1-2H3/p+1. The summed E-state index contributed by atoms with van der Waals surface area (Å²) < 4.78 is 12.5. The summed E-state index contributed by atoms with van der Waals surface area (Å²) in [6.45, 7) is 1.88. The number of hydrogen-bond donors (Lipinski definition) is 2. The number of methoxy groups -OCH3 is 1. The quantitative estimate of drug-likeness (QED) is 0.114. The van der Waals surface area contributed by atoms with E-state index >= 15 is 0 Å². The SMILES string of the molecule is COc1ccc(-[n+]2[nH]oc(=O)c2C(=O)CSc2nnc(CSc3nccc(C)n3)n2N)cc1. The largest absolute Gasteiger partial charge is 0.497 e. The maximum Gasteiger partial charge on any atom is 0.438 e. The van der Waals surface area contributed by atoms with Crippen molar-refractivity contribution in [1.82, 2.24) is 30.1 Å². The number of nitrogen functional groups attached to an aromatic ring is 1. The van der Waals surface area contributed by atoms with Gasteiger partial charge < -0.3 is 10.6 Å². The van der Waals surface area contributed by atoms with E-state index in [4.69, 9.17) is 15.1 Å². The second-order valence-electron chi connectivity index (χ2n) is 6.61. The number of aromatic nitrogens is 7. The molecule has 3 aromatic heterocycles. The van der Waals surface area contributed by atoms with E-state index < -0.39 is 11.4 Å². The third kappa shape index (κ3) is 5.06. The molecule has 170 valence electrons. The maximum absolute atomic E-state index is 12.8. The zero-order valence-electron chi connectivity index (χ0n) is 17.6. The molecule has 3 N–H and O–H groups in total. The minimum Gasteiger partial charge on any atom is -0.497 e. The molecule has 12 nitrogen and oxygen atoms in total. The molecule has 0 atom stereocenters. The Hall–Kier alpha value is -3.65. The Balaban J connectivity index is 1.43. The predicted octanol–water partition coefficient (Wildman–Crippen LogP) is 0.924. The van der Waals surface area contributed by atoms with E-state index in [0.29, 0.717) is 33.3 Å². The summed E-state index contributed by atoms with van der Waals surface area (Å²) in [6, 6.07) is 8.59. The third-order valence-electron chi connectivity index (χ3n) is 4.41. The molecule has 14 heteroatoms. The number of carbonyl (C=O) groups excluding carboxylic acids is 1. The van der Waals surface area contributed by atoms with Crippen molar-refractivity contribution in [1.29, 1.82) is 0 Å². The van der Waals surface area contributed by atoms with Crippen molar-refractivity contribution >= 4 is 29.3 Å². The van der Waals surface area contributed by atoms with Crippen molar-refractivity contribution in [2.24, 2.45) is 0 Å². The highest BCUT2D eigenvalue weighted by Crippen LogP contribution is 2.21. The van der Waals surface area contributed by atoms with Crippen molar-refractivity contribution in [3.63, 3.8) is 0 Å². The molecule has 0 spiro atoms. The van der Waals surface area contributed by atoms with E-state index in [1.165, 1.54) is 21.1 Å². The molecule has 0 radical (unpaired) electrons. The summed E-state index contributed by atoms with van der Waals surface area (Å²) in [5.41, 5.74) is 0.469. The van der Waals surface area contributed by atoms with Gasteiger partial charge in [-0.1, -0.05) is 23.5 Å². The van der Waals surface area contributed by atoms with E-state index in [9.17, 15) is 9.59 Å². The summed E-state index contributed by atoms with van der Waals surface area (Å²) in [4.78, 5) is 33.5. The first kappa shape index (κ1) is 22.5. The van der Waals surface area contributed by atoms with Crippen molar-refractivity contribution in [2.75, 3.05) is 18.7 Å². The zero-order chi connectivity index (χ0) is 23.4. The molecule has 1 aromatic carbocycles. The number of thioether (sulfide) groups is 2. The molecule has 0 aliphatic heterocycles. The number of nitrogens with zero attached hydrogens (tertiary/aromatic N) is 6. The Morgan fingerprint density at radius 2 is 2.03 bits per heavy atom. The average molecular weight is 488 g/mol. The van der Waals surface area contributed by atoms with Crippen LogP contribution in [0.4, 0.5) is 0 Å². The molecule has 0 amide bonds. The van der Waals surface area contributed by atoms with Gasteiger partial charge in [0.25, 0.3) is 0 Å². The molecule has 0 aliphatic carbocycles. The number of aryl methyl sites for hydroxylation is 1. The fourth-order valence-electron chi connectivity index (χ4n) is 2.75. The van der Waals surface area contributed by atoms with Gasteiger partial charge in [-0.2, -0.15) is 0 Å². The predicted molar refractivity (Wildman–Crippen MR) is 119 cm³/mol. The number of ketones is 1. The van der Waals surface area contributed by atoms with Crippen LogP contribution >= 0.6 is 23.5 Å². The van der Waals surface area contributed by atoms with Gasteiger partial charge >= 0.3 is 11.3 Å². The Morgan fingerprint density at radius 3 is 2.76 bits per heavy atom. The summed E-state index contributed by atoms with van der Waals surface area (Å²) >= 11 is 2.43. The zero-order valence-corrected chi connectivity index (χ0v) is 19.2. The molecule has 4 aromatic rings. The highest BCUT2D eigenvalue weighted by Gasteiger charge is 2.31. The lowest BCUT2D eigenvalue weighted by atomic mass is 10.2. The lowest BCUT2D eigenvalue weighted by Gasteiger charge is -2.03. The molecule has 0 saturated carbocycles. The van der Waals surface area contributed by atoms with Gasteiger partial charge in [-0.25, -0.2) is 19.4 Å². The Labute approximate surface area is 195 Å². The molecule has 0 bridgehead atoms. The average Bonchev–Trinajstić information content (AvgIpc) is 3.38. The van der Waals surface area contributed by atoms with Crippen LogP contribution in [-0.2, 0) is 5.75 Å². The van der Waals surface area contributed by atoms with E-state index in [1.807, 2.05) is 13.0 Å². The van der Waals surface area contributed by atoms with Crippen LogP contribution in [0.3, 0.4) is 0 Å². The summed E-state index contributed by atoms with van der Waals surface area (Å²) in [5.74, 6) is 7.06. The van der Waals surface area contributed by atoms with Gasteiger partial charge in [0.05, 0.1) is 18.6 Å². The van der Waals surface area contributed by atoms with Gasteiger partial charge in [-0.05, 0) is 35.1 Å². The van der Waals surface area contributed by atoms with Crippen LogP contribution < -0.4 is 20.9 Å². The molecule has 0 aliphatic rings. The van der Waals surface area contributed by atoms with Crippen molar-refractivity contribution in [3.05, 3.63) is 64.2 Å². The van der Waals surface area contributed by atoms with Crippen LogP contribution in [0.1, 0.15) is 22.0 Å². The van der Waals surface area contributed by atoms with Crippen molar-refractivity contribution in [3.8, 4) is 11.4 Å². The number of H-pyrrole nitrogens is 1. The molecule has 3 heterocycles. The van der Waals surface area contributed by atoms with Gasteiger partial charge in [0, 0.05) is 24.0 Å². The Kier molecular flexibility index (Phi) is 6.74. The maximum atomic E-state index is 12.8. The van der Waals surface area contributed by atoms with Crippen molar-refractivity contribution in [2.45, 2.75) is 23.0 Å². The number of Topliss-reactive ketones (excluding diaryl/α,β-unsaturated/α-hetero) is 1. The molecule has 4 rings (SSSR count). The molecular formula is C19H19N8O4S2+. The molecule has 0 fully saturated rings. The Morgan fingerprint density at radius 1 is 1.24 bits per heavy atom. The first-order valence-electron chi connectivity index (χ1n) is 9.52. The Bertz CT molecular complexity index is 1330. The first-order chi connectivity index (χ1) is 16.0. The summed E-state index contributed by atoms with van der Waals surface area (Å²) in [7, 11) is 1.55. The number of benzene rings is 1. The number of nitrogens with two attached hydrogens (primary N) is 1. The number of carbonyl (C=O) groups is 1. The lowest BCUT2D eigenvalue weighted by molar-refractivity contribution is -0.672. The number of nitrogens with one attached hydrogen (secondary N) is 1. The van der Waals surface area contributed by atoms with E-state index in [0.717, 1.165) is 17.5 Å². The number of aromatic amines is 1. The first-order valence-corrected chi connectivity index (χ1v) is 11.5. The fraction of sp³-hybridized carbons (Fsp3) is 0.211. The van der Waals surface area contributed by atoms with Gasteiger partial charge in [0.1, 0.15) is 5.75 Å². The highest BCUT2D eigenvalue weighted by molar-refractivity contribution is 7.99.